The van der Waals surface area contributed by atoms with E-state index in [1.165, 1.54) is 16.2 Å². The standard InChI is InChI=1S/C57H37N7/c1-5-18-37(19-6-1)55-59-56(38-20-7-2-8-21-38)61-57(60-55)39-22-17-27-42(32-39)64-49-31-16-14-29-44(49)46-34-52-54(36-50(46)64)63(41-25-11-4-12-26-41)51-33-45-43-28-13-15-30-47(43)58-48(45)35-53(51)62(52)40-23-9-3-10-24-40/h1-36,58H. The van der Waals surface area contributed by atoms with Crippen LogP contribution in [-0.4, -0.2) is 24.5 Å². The van der Waals surface area contributed by atoms with Crippen LogP contribution >= 0.6 is 0 Å². The molecule has 0 radical (unpaired) electrons. The topological polar surface area (TPSA) is 65.9 Å². The molecule has 13 rings (SSSR count). The van der Waals surface area contributed by atoms with Crippen LogP contribution in [0.5, 0.6) is 0 Å². The van der Waals surface area contributed by atoms with Gasteiger partial charge in [0, 0.05) is 66.3 Å². The number of aromatic nitrogens is 5. The molecular weight excluding hydrogens is 783 g/mol. The van der Waals surface area contributed by atoms with Crippen molar-refractivity contribution in [3.8, 4) is 39.9 Å². The average molecular weight is 820 g/mol. The van der Waals surface area contributed by atoms with Gasteiger partial charge in [-0.3, -0.25) is 0 Å². The third kappa shape index (κ3) is 5.72. The molecule has 1 aliphatic heterocycles. The van der Waals surface area contributed by atoms with E-state index in [2.05, 4.69) is 177 Å². The van der Waals surface area contributed by atoms with Crippen LogP contribution in [0.4, 0.5) is 34.1 Å². The first kappa shape index (κ1) is 35.9. The van der Waals surface area contributed by atoms with Crippen LogP contribution < -0.4 is 9.80 Å². The van der Waals surface area contributed by atoms with E-state index in [-0.39, 0.29) is 0 Å². The third-order valence-electron chi connectivity index (χ3n) is 12.4. The van der Waals surface area contributed by atoms with Crippen LogP contribution in [0, 0.1) is 0 Å². The van der Waals surface area contributed by atoms with Crippen LogP contribution in [0.25, 0.3) is 83.5 Å². The van der Waals surface area contributed by atoms with E-state index in [0.717, 1.165) is 84.0 Å². The van der Waals surface area contributed by atoms with Gasteiger partial charge in [0.05, 0.1) is 33.8 Å². The molecule has 0 atom stereocenters. The minimum atomic E-state index is 0.613. The molecule has 0 aliphatic carbocycles. The maximum atomic E-state index is 5.10. The fourth-order valence-electron chi connectivity index (χ4n) is 9.55. The number of para-hydroxylation sites is 4. The zero-order valence-electron chi connectivity index (χ0n) is 34.5. The molecule has 0 unspecified atom stereocenters. The summed E-state index contributed by atoms with van der Waals surface area (Å²) in [6.07, 6.45) is 0. The lowest BCUT2D eigenvalue weighted by atomic mass is 10.0. The fraction of sp³-hybridized carbons (Fsp3) is 0. The summed E-state index contributed by atoms with van der Waals surface area (Å²) in [5, 5.41) is 4.70. The smallest absolute Gasteiger partial charge is 0.164 e. The van der Waals surface area contributed by atoms with Gasteiger partial charge in [-0.1, -0.05) is 146 Å². The highest BCUT2D eigenvalue weighted by Gasteiger charge is 2.33. The Kier molecular flexibility index (Phi) is 8.08. The summed E-state index contributed by atoms with van der Waals surface area (Å²) in [7, 11) is 0. The predicted octanol–water partition coefficient (Wildman–Crippen LogP) is 14.9. The summed E-state index contributed by atoms with van der Waals surface area (Å²) < 4.78 is 2.39. The normalized spacial score (nSPS) is 12.3. The number of hydrogen-bond donors (Lipinski definition) is 1. The lowest BCUT2D eigenvalue weighted by molar-refractivity contribution is 1.07. The van der Waals surface area contributed by atoms with Crippen molar-refractivity contribution >= 4 is 77.7 Å². The molecule has 0 saturated carbocycles. The van der Waals surface area contributed by atoms with E-state index >= 15 is 0 Å². The highest BCUT2D eigenvalue weighted by atomic mass is 15.3. The average Bonchev–Trinajstić information content (AvgIpc) is 3.90. The molecule has 1 N–H and O–H groups in total. The van der Waals surface area contributed by atoms with Gasteiger partial charge in [-0.25, -0.2) is 15.0 Å². The second kappa shape index (κ2) is 14.4. The maximum Gasteiger partial charge on any atom is 0.164 e. The van der Waals surface area contributed by atoms with E-state index in [1.807, 2.05) is 60.7 Å². The van der Waals surface area contributed by atoms with E-state index in [1.54, 1.807) is 0 Å². The molecule has 1 aliphatic rings. The quantitative estimate of drug-likeness (QED) is 0.181. The van der Waals surface area contributed by atoms with Crippen molar-refractivity contribution in [1.82, 2.24) is 24.5 Å². The van der Waals surface area contributed by atoms with Crippen molar-refractivity contribution in [2.45, 2.75) is 0 Å². The fourth-order valence-corrected chi connectivity index (χ4v) is 9.55. The Morgan fingerprint density at radius 1 is 0.297 bits per heavy atom. The van der Waals surface area contributed by atoms with Crippen molar-refractivity contribution < 1.29 is 0 Å². The van der Waals surface area contributed by atoms with Crippen molar-refractivity contribution in [3.63, 3.8) is 0 Å². The molecule has 0 amide bonds. The van der Waals surface area contributed by atoms with E-state index in [0.29, 0.717) is 17.5 Å². The SMILES string of the molecule is c1ccc(-c2nc(-c3ccccc3)nc(-c3cccc(-n4c5ccccc5c5cc6c(cc54)N(c4ccccc4)c4cc5c(cc4N6c4ccccc4)[nH]c4ccccc45)c3)n2)cc1. The Labute approximate surface area is 368 Å². The number of nitrogens with one attached hydrogen (secondary N) is 1. The summed E-state index contributed by atoms with van der Waals surface area (Å²) in [4.78, 5) is 23.7. The minimum absolute atomic E-state index is 0.613. The first-order valence-corrected chi connectivity index (χ1v) is 21.5. The number of benzene rings is 9. The van der Waals surface area contributed by atoms with Gasteiger partial charge < -0.3 is 19.4 Å². The van der Waals surface area contributed by atoms with Gasteiger partial charge in [-0.05, 0) is 72.8 Å². The number of rotatable bonds is 6. The number of H-pyrrole nitrogens is 1. The van der Waals surface area contributed by atoms with E-state index in [9.17, 15) is 0 Å². The van der Waals surface area contributed by atoms with Gasteiger partial charge in [0.1, 0.15) is 0 Å². The Morgan fingerprint density at radius 2 is 0.766 bits per heavy atom. The van der Waals surface area contributed by atoms with Crippen molar-refractivity contribution in [3.05, 3.63) is 218 Å². The van der Waals surface area contributed by atoms with Crippen LogP contribution in [0.2, 0.25) is 0 Å². The second-order valence-electron chi connectivity index (χ2n) is 16.2. The highest BCUT2D eigenvalue weighted by Crippen LogP contribution is 2.57. The van der Waals surface area contributed by atoms with Gasteiger partial charge in [0.25, 0.3) is 0 Å². The minimum Gasteiger partial charge on any atom is -0.354 e. The zero-order chi connectivity index (χ0) is 42.1. The summed E-state index contributed by atoms with van der Waals surface area (Å²) in [5.41, 5.74) is 14.7. The summed E-state index contributed by atoms with van der Waals surface area (Å²) in [6, 6.07) is 77.1. The van der Waals surface area contributed by atoms with Crippen LogP contribution in [0.15, 0.2) is 218 Å². The molecule has 0 spiro atoms. The van der Waals surface area contributed by atoms with E-state index in [4.69, 9.17) is 15.0 Å². The summed E-state index contributed by atoms with van der Waals surface area (Å²) in [5.74, 6) is 1.88. The molecule has 0 bridgehead atoms. The number of fused-ring (bicyclic) bond motifs is 8. The van der Waals surface area contributed by atoms with Gasteiger partial charge >= 0.3 is 0 Å². The van der Waals surface area contributed by atoms with Gasteiger partial charge in [0.2, 0.25) is 0 Å². The number of nitrogens with zero attached hydrogens (tertiary/aromatic N) is 6. The van der Waals surface area contributed by atoms with E-state index < -0.39 is 0 Å². The highest BCUT2D eigenvalue weighted by molar-refractivity contribution is 6.17. The van der Waals surface area contributed by atoms with Crippen molar-refractivity contribution in [2.24, 2.45) is 0 Å². The third-order valence-corrected chi connectivity index (χ3v) is 12.4. The Morgan fingerprint density at radius 3 is 1.41 bits per heavy atom. The lowest BCUT2D eigenvalue weighted by Gasteiger charge is -2.40. The second-order valence-corrected chi connectivity index (χ2v) is 16.2. The Balaban J connectivity index is 1.06. The van der Waals surface area contributed by atoms with Crippen molar-refractivity contribution in [2.75, 3.05) is 9.80 Å². The largest absolute Gasteiger partial charge is 0.354 e. The molecule has 4 heterocycles. The molecule has 3 aromatic heterocycles. The molecular formula is C57H37N7. The Bertz CT molecular complexity index is 3670. The monoisotopic (exact) mass is 819 g/mol. The molecule has 0 fully saturated rings. The van der Waals surface area contributed by atoms with Crippen LogP contribution in [0.1, 0.15) is 0 Å². The van der Waals surface area contributed by atoms with Gasteiger partial charge in [-0.2, -0.15) is 0 Å². The summed E-state index contributed by atoms with van der Waals surface area (Å²) >= 11 is 0. The molecule has 0 saturated heterocycles. The lowest BCUT2D eigenvalue weighted by Crippen LogP contribution is -2.24. The molecule has 7 heteroatoms. The molecule has 64 heavy (non-hydrogen) atoms. The van der Waals surface area contributed by atoms with Gasteiger partial charge in [-0.15, -0.1) is 0 Å². The number of anilines is 6. The number of hydrogen-bond acceptors (Lipinski definition) is 5. The Hall–Kier alpha value is -8.81. The zero-order valence-corrected chi connectivity index (χ0v) is 34.5. The molecule has 7 nitrogen and oxygen atoms in total. The van der Waals surface area contributed by atoms with Crippen LogP contribution in [0.3, 0.4) is 0 Å². The molecule has 300 valence electrons. The predicted molar refractivity (Wildman–Crippen MR) is 263 cm³/mol. The maximum absolute atomic E-state index is 5.10. The number of aromatic amines is 1. The molecule has 9 aromatic carbocycles. The summed E-state index contributed by atoms with van der Waals surface area (Å²) in [6.45, 7) is 0. The van der Waals surface area contributed by atoms with Gasteiger partial charge in [0.15, 0.2) is 17.5 Å². The molecule has 12 aromatic rings. The van der Waals surface area contributed by atoms with Crippen LogP contribution in [-0.2, 0) is 0 Å². The first-order valence-electron chi connectivity index (χ1n) is 21.5. The van der Waals surface area contributed by atoms with Crippen molar-refractivity contribution in [1.29, 1.82) is 0 Å². The first-order chi connectivity index (χ1) is 31.7.